The molecular formula is C34H41F3N6O2. The fourth-order valence-corrected chi connectivity index (χ4v) is 5.55. The van der Waals surface area contributed by atoms with Gasteiger partial charge in [0.15, 0.2) is 0 Å². The van der Waals surface area contributed by atoms with Crippen molar-refractivity contribution in [2.75, 3.05) is 26.2 Å². The lowest BCUT2D eigenvalue weighted by atomic mass is 9.90. The highest BCUT2D eigenvalue weighted by Gasteiger charge is 2.33. The monoisotopic (exact) mass is 622 g/mol. The molecule has 0 bridgehead atoms. The number of benzene rings is 3. The lowest BCUT2D eigenvalue weighted by molar-refractivity contribution is -0.137. The summed E-state index contributed by atoms with van der Waals surface area (Å²) in [6.45, 7) is 1.69. The van der Waals surface area contributed by atoms with Crippen LogP contribution in [-0.4, -0.2) is 61.3 Å². The molecule has 45 heavy (non-hydrogen) atoms. The average Bonchev–Trinajstić information content (AvgIpc) is 3.18. The van der Waals surface area contributed by atoms with Crippen LogP contribution in [0.1, 0.15) is 47.4 Å². The van der Waals surface area contributed by atoms with Crippen LogP contribution >= 0.6 is 0 Å². The number of hydrogen-bond acceptors (Lipinski definition) is 6. The molecule has 2 amide bonds. The molecule has 1 unspecified atom stereocenters. The van der Waals surface area contributed by atoms with Crippen LogP contribution in [0, 0.1) is 0 Å². The molecule has 0 saturated carbocycles. The van der Waals surface area contributed by atoms with Crippen molar-refractivity contribution in [2.24, 2.45) is 11.5 Å². The molecule has 0 aromatic heterocycles. The minimum atomic E-state index is -4.53. The molecule has 4 rings (SSSR count). The zero-order valence-corrected chi connectivity index (χ0v) is 25.0. The van der Waals surface area contributed by atoms with Crippen molar-refractivity contribution >= 4 is 17.9 Å². The molecular weight excluding hydrogens is 581 g/mol. The van der Waals surface area contributed by atoms with Crippen LogP contribution in [0.25, 0.3) is 6.08 Å². The molecule has 11 heteroatoms. The number of alkyl halides is 3. The fraction of sp³-hybridized carbons (Fsp3) is 0.353. The van der Waals surface area contributed by atoms with Gasteiger partial charge in [-0.2, -0.15) is 13.2 Å². The first-order valence-electron chi connectivity index (χ1n) is 15.1. The van der Waals surface area contributed by atoms with Crippen LogP contribution in [0.5, 0.6) is 0 Å². The molecule has 0 spiro atoms. The van der Waals surface area contributed by atoms with E-state index in [0.29, 0.717) is 38.9 Å². The van der Waals surface area contributed by atoms with Gasteiger partial charge in [0.25, 0.3) is 0 Å². The summed E-state index contributed by atoms with van der Waals surface area (Å²) in [7, 11) is 0. The van der Waals surface area contributed by atoms with Gasteiger partial charge in [-0.1, -0.05) is 78.9 Å². The molecule has 1 aliphatic heterocycles. The Balaban J connectivity index is 1.46. The Labute approximate surface area is 262 Å². The summed E-state index contributed by atoms with van der Waals surface area (Å²) in [5.74, 6) is -0.580. The van der Waals surface area contributed by atoms with E-state index in [1.807, 2.05) is 41.3 Å². The summed E-state index contributed by atoms with van der Waals surface area (Å²) in [4.78, 5) is 28.5. The Bertz CT molecular complexity index is 1360. The van der Waals surface area contributed by atoms with Gasteiger partial charge in [-0.3, -0.25) is 14.9 Å². The highest BCUT2D eigenvalue weighted by molar-refractivity contribution is 5.92. The van der Waals surface area contributed by atoms with E-state index < -0.39 is 30.0 Å². The molecule has 3 aromatic rings. The maximum Gasteiger partial charge on any atom is 0.416 e. The predicted octanol–water partition coefficient (Wildman–Crippen LogP) is 3.80. The average molecular weight is 623 g/mol. The largest absolute Gasteiger partial charge is 0.416 e. The van der Waals surface area contributed by atoms with E-state index in [2.05, 4.69) is 40.2 Å². The van der Waals surface area contributed by atoms with E-state index in [4.69, 9.17) is 11.5 Å². The van der Waals surface area contributed by atoms with Crippen molar-refractivity contribution in [3.63, 3.8) is 0 Å². The third-order valence-corrected chi connectivity index (χ3v) is 7.85. The molecule has 1 fully saturated rings. The molecule has 1 saturated heterocycles. The number of carbonyl (C=O) groups excluding carboxylic acids is 2. The third kappa shape index (κ3) is 10.3. The van der Waals surface area contributed by atoms with Gasteiger partial charge in [-0.15, -0.1) is 0 Å². The van der Waals surface area contributed by atoms with E-state index in [1.54, 1.807) is 0 Å². The van der Waals surface area contributed by atoms with Gasteiger partial charge in [-0.25, -0.2) is 0 Å². The Morgan fingerprint density at radius 1 is 0.978 bits per heavy atom. The van der Waals surface area contributed by atoms with Crippen LogP contribution in [-0.2, 0) is 15.8 Å². The van der Waals surface area contributed by atoms with Crippen molar-refractivity contribution in [2.45, 2.75) is 49.7 Å². The third-order valence-electron chi connectivity index (χ3n) is 7.85. The molecule has 1 aliphatic rings. The van der Waals surface area contributed by atoms with Crippen LogP contribution < -0.4 is 27.4 Å². The van der Waals surface area contributed by atoms with Gasteiger partial charge >= 0.3 is 6.18 Å². The molecule has 8 nitrogen and oxygen atoms in total. The van der Waals surface area contributed by atoms with Gasteiger partial charge in [0.1, 0.15) is 6.29 Å². The number of carbonyl (C=O) groups is 2. The highest BCUT2D eigenvalue weighted by Crippen LogP contribution is 2.32. The normalized spacial score (nSPS) is 17.7. The Kier molecular flexibility index (Phi) is 12.3. The summed E-state index contributed by atoms with van der Waals surface area (Å²) in [6, 6.07) is 24.5. The summed E-state index contributed by atoms with van der Waals surface area (Å²) in [5.41, 5.74) is 12.5. The van der Waals surface area contributed by atoms with Crippen molar-refractivity contribution in [1.82, 2.24) is 20.9 Å². The first-order chi connectivity index (χ1) is 21.6. The minimum absolute atomic E-state index is 0.0265. The van der Waals surface area contributed by atoms with Crippen LogP contribution in [0.4, 0.5) is 13.2 Å². The first kappa shape index (κ1) is 33.9. The lowest BCUT2D eigenvalue weighted by Crippen LogP contribution is -2.50. The second-order valence-corrected chi connectivity index (χ2v) is 11.1. The Morgan fingerprint density at radius 3 is 2.22 bits per heavy atom. The smallest absolute Gasteiger partial charge is 0.351 e. The zero-order chi connectivity index (χ0) is 32.2. The molecule has 3 aromatic carbocycles. The van der Waals surface area contributed by atoms with Gasteiger partial charge in [0.2, 0.25) is 11.8 Å². The number of rotatable bonds is 13. The maximum atomic E-state index is 13.9. The summed E-state index contributed by atoms with van der Waals surface area (Å²) < 4.78 is 40.0. The maximum absolute atomic E-state index is 13.9. The molecule has 240 valence electrons. The number of amides is 2. The first-order valence-corrected chi connectivity index (χ1v) is 15.1. The SMILES string of the molecule is NC(N)NCCC[C@@H]1NC(CNC(=O)/C=C/c2ccccc2C(F)(F)F)CCN(CC(c2ccccc2)c2ccccc2)C1=O. The zero-order valence-electron chi connectivity index (χ0n) is 25.0. The van der Waals surface area contributed by atoms with Gasteiger partial charge in [-0.05, 0) is 54.6 Å². The number of nitrogens with zero attached hydrogens (tertiary/aromatic N) is 1. The molecule has 0 aliphatic carbocycles. The summed E-state index contributed by atoms with van der Waals surface area (Å²) in [6.07, 6.45) is -1.18. The van der Waals surface area contributed by atoms with E-state index in [0.717, 1.165) is 29.3 Å². The molecule has 2 atom stereocenters. The summed E-state index contributed by atoms with van der Waals surface area (Å²) in [5, 5.41) is 9.18. The minimum Gasteiger partial charge on any atom is -0.351 e. The molecule has 1 heterocycles. The van der Waals surface area contributed by atoms with Gasteiger partial charge in [0, 0.05) is 37.7 Å². The quantitative estimate of drug-likeness (QED) is 0.112. The number of halogens is 3. The second-order valence-electron chi connectivity index (χ2n) is 11.1. The topological polar surface area (TPSA) is 126 Å². The Morgan fingerprint density at radius 2 is 1.60 bits per heavy atom. The summed E-state index contributed by atoms with van der Waals surface area (Å²) >= 11 is 0. The second kappa shape index (κ2) is 16.3. The van der Waals surface area contributed by atoms with Crippen LogP contribution in [0.3, 0.4) is 0 Å². The standard InChI is InChI=1S/C34H41F3N6O2/c35-34(36,37)29-15-8-7-14-26(29)17-18-31(44)41-22-27-19-21-43(32(45)30(42-27)16-9-20-40-33(38)39)23-28(24-10-3-1-4-11-24)25-12-5-2-6-13-25/h1-8,10-15,17-18,27-28,30,33,40,42H,9,16,19-23,38-39H2,(H,41,44)/b18-17+/t27?,30-/m0/s1. The fourth-order valence-electron chi connectivity index (χ4n) is 5.55. The van der Waals surface area contributed by atoms with Crippen LogP contribution in [0.15, 0.2) is 91.0 Å². The number of nitrogens with two attached hydrogens (primary N) is 2. The van der Waals surface area contributed by atoms with Crippen LogP contribution in [0.2, 0.25) is 0 Å². The van der Waals surface area contributed by atoms with Crippen molar-refractivity contribution in [3.8, 4) is 0 Å². The van der Waals surface area contributed by atoms with Gasteiger partial charge < -0.3 is 27.0 Å². The number of hydrogen-bond donors (Lipinski definition) is 5. The van der Waals surface area contributed by atoms with Crippen molar-refractivity contribution < 1.29 is 22.8 Å². The lowest BCUT2D eigenvalue weighted by Gasteiger charge is -2.29. The van der Waals surface area contributed by atoms with E-state index in [9.17, 15) is 22.8 Å². The highest BCUT2D eigenvalue weighted by atomic mass is 19.4. The van der Waals surface area contributed by atoms with Gasteiger partial charge in [0.05, 0.1) is 11.6 Å². The van der Waals surface area contributed by atoms with Crippen molar-refractivity contribution in [1.29, 1.82) is 0 Å². The van der Waals surface area contributed by atoms with E-state index >= 15 is 0 Å². The van der Waals surface area contributed by atoms with E-state index in [-0.39, 0.29) is 30.0 Å². The number of nitrogens with one attached hydrogen (secondary N) is 3. The Hall–Kier alpha value is -4.03. The van der Waals surface area contributed by atoms with E-state index in [1.165, 1.54) is 18.2 Å². The molecule has 7 N–H and O–H groups in total. The van der Waals surface area contributed by atoms with Crippen molar-refractivity contribution in [3.05, 3.63) is 113 Å². The molecule has 0 radical (unpaired) electrons. The predicted molar refractivity (Wildman–Crippen MR) is 170 cm³/mol.